The van der Waals surface area contributed by atoms with Crippen LogP contribution in [0.3, 0.4) is 0 Å². The molecule has 2 aromatic heterocycles. The second-order valence-electron chi connectivity index (χ2n) is 11.0. The van der Waals surface area contributed by atoms with E-state index in [1.54, 1.807) is 11.3 Å². The number of hydrogen-bond acceptors (Lipinski definition) is 7. The lowest BCUT2D eigenvalue weighted by Gasteiger charge is -2.15. The number of rotatable bonds is 6. The van der Waals surface area contributed by atoms with Crippen LogP contribution >= 0.6 is 34.5 Å². The minimum Gasteiger partial charge on any atom is -0.481 e. The van der Waals surface area contributed by atoms with E-state index in [4.69, 9.17) is 37.6 Å². The lowest BCUT2D eigenvalue weighted by atomic mass is 9.95. The molecule has 0 aliphatic carbocycles. The molecule has 3 aromatic carbocycles. The van der Waals surface area contributed by atoms with Gasteiger partial charge in [-0.15, -0.1) is 11.3 Å². The Morgan fingerprint density at radius 1 is 1.12 bits per heavy atom. The number of halogens is 2. The summed E-state index contributed by atoms with van der Waals surface area (Å²) in [4.78, 5) is 24.5. The van der Waals surface area contributed by atoms with Crippen LogP contribution in [0.25, 0.3) is 44.3 Å². The van der Waals surface area contributed by atoms with Crippen LogP contribution in [-0.4, -0.2) is 45.6 Å². The molecule has 7 nitrogen and oxygen atoms in total. The summed E-state index contributed by atoms with van der Waals surface area (Å²) in [5, 5.41) is 14.8. The van der Waals surface area contributed by atoms with Gasteiger partial charge in [0.05, 0.1) is 27.2 Å². The summed E-state index contributed by atoms with van der Waals surface area (Å²) in [5.74, 6) is -0.671. The molecule has 214 valence electrons. The fraction of sp³-hybridized carbons (Fsp3) is 0.281. The maximum atomic E-state index is 11.4. The molecule has 0 amide bonds. The largest absolute Gasteiger partial charge is 0.481 e. The zero-order valence-corrected chi connectivity index (χ0v) is 25.2. The highest BCUT2D eigenvalue weighted by atomic mass is 35.5. The molecule has 0 bridgehead atoms. The third-order valence-electron chi connectivity index (χ3n) is 8.22. The van der Waals surface area contributed by atoms with Gasteiger partial charge in [0.1, 0.15) is 10.5 Å². The summed E-state index contributed by atoms with van der Waals surface area (Å²) in [6.07, 6.45) is 1.61. The molecule has 42 heavy (non-hydrogen) atoms. The molecular formula is C32H28Cl2N4O3S. The van der Waals surface area contributed by atoms with Gasteiger partial charge in [-0.2, -0.15) is 0 Å². The number of carboxylic acids is 1. The maximum absolute atomic E-state index is 11.4. The number of nitrogens with one attached hydrogen (secondary N) is 1. The number of aliphatic carboxylic acids is 1. The molecule has 0 radical (unpaired) electrons. The molecule has 10 heteroatoms. The maximum Gasteiger partial charge on any atom is 0.307 e. The number of likely N-dealkylation sites (tertiary alicyclic amines) is 1. The Labute approximate surface area is 257 Å². The highest BCUT2D eigenvalue weighted by Gasteiger charge is 2.28. The molecule has 1 unspecified atom stereocenters. The summed E-state index contributed by atoms with van der Waals surface area (Å²) in [6, 6.07) is 16.0. The van der Waals surface area contributed by atoms with E-state index in [2.05, 4.69) is 35.3 Å². The average Bonchev–Trinajstić information content (AvgIpc) is 3.72. The Bertz CT molecular complexity index is 1830. The van der Waals surface area contributed by atoms with Gasteiger partial charge in [-0.1, -0.05) is 53.5 Å². The van der Waals surface area contributed by atoms with Crippen molar-refractivity contribution in [2.75, 3.05) is 19.6 Å². The van der Waals surface area contributed by atoms with Crippen molar-refractivity contribution in [2.24, 2.45) is 5.92 Å². The van der Waals surface area contributed by atoms with Crippen molar-refractivity contribution in [3.8, 4) is 33.2 Å². The minimum absolute atomic E-state index is 0.328. The fourth-order valence-electron chi connectivity index (χ4n) is 5.99. The van der Waals surface area contributed by atoms with E-state index < -0.39 is 5.97 Å². The Kier molecular flexibility index (Phi) is 7.28. The summed E-state index contributed by atoms with van der Waals surface area (Å²) >= 11 is 15.5. The first-order valence-electron chi connectivity index (χ1n) is 14.0. The first-order chi connectivity index (χ1) is 20.4. The van der Waals surface area contributed by atoms with Crippen molar-refractivity contribution in [1.82, 2.24) is 20.2 Å². The van der Waals surface area contributed by atoms with Crippen molar-refractivity contribution >= 4 is 51.6 Å². The second kappa shape index (κ2) is 11.1. The van der Waals surface area contributed by atoms with E-state index in [1.807, 2.05) is 30.3 Å². The smallest absolute Gasteiger partial charge is 0.307 e. The minimum atomic E-state index is -0.743. The van der Waals surface area contributed by atoms with E-state index >= 15 is 0 Å². The first kappa shape index (κ1) is 27.6. The lowest BCUT2D eigenvalue weighted by Crippen LogP contribution is -2.22. The molecule has 0 saturated carbocycles. The predicted molar refractivity (Wildman–Crippen MR) is 167 cm³/mol. The fourth-order valence-corrected chi connectivity index (χ4v) is 7.74. The van der Waals surface area contributed by atoms with Gasteiger partial charge < -0.3 is 14.8 Å². The monoisotopic (exact) mass is 618 g/mol. The van der Waals surface area contributed by atoms with Gasteiger partial charge in [-0.25, -0.2) is 9.97 Å². The average molecular weight is 620 g/mol. The predicted octanol–water partition coefficient (Wildman–Crippen LogP) is 7.45. The molecule has 1 atom stereocenters. The van der Waals surface area contributed by atoms with Crippen LogP contribution in [0.2, 0.25) is 10.0 Å². The number of benzene rings is 3. The van der Waals surface area contributed by atoms with Gasteiger partial charge in [-0.05, 0) is 54.8 Å². The van der Waals surface area contributed by atoms with Crippen LogP contribution < -0.4 is 5.32 Å². The van der Waals surface area contributed by atoms with E-state index in [-0.39, 0.29) is 5.92 Å². The summed E-state index contributed by atoms with van der Waals surface area (Å²) in [5.41, 5.74) is 8.15. The van der Waals surface area contributed by atoms with Crippen LogP contribution in [0.15, 0.2) is 52.9 Å². The molecule has 0 spiro atoms. The van der Waals surface area contributed by atoms with Crippen LogP contribution in [0, 0.1) is 12.8 Å². The van der Waals surface area contributed by atoms with Gasteiger partial charge in [0, 0.05) is 48.6 Å². The molecule has 2 aliphatic heterocycles. The van der Waals surface area contributed by atoms with Gasteiger partial charge in [-0.3, -0.25) is 9.69 Å². The molecule has 2 N–H and O–H groups in total. The molecule has 4 heterocycles. The summed E-state index contributed by atoms with van der Waals surface area (Å²) < 4.78 is 6.17. The number of aromatic nitrogens is 2. The number of hydrogen-bond donors (Lipinski definition) is 2. The second-order valence-corrected chi connectivity index (χ2v) is 12.8. The van der Waals surface area contributed by atoms with Crippen LogP contribution in [0.4, 0.5) is 0 Å². The Morgan fingerprint density at radius 2 is 1.90 bits per heavy atom. The van der Waals surface area contributed by atoms with Crippen molar-refractivity contribution in [2.45, 2.75) is 32.9 Å². The standard InChI is InChI=1S/C32H28Cl2N4O3S/c1-17-20(4-2-5-21(17)31-37-25-8-10-35-14-27(25)42-31)22-6-3-7-23(28(22)34)30-36-26-13-18(12-24(33)29(26)41-30)15-38-11-9-19(16-38)32(39)40/h2-7,12-13,19,35H,8-11,14-16H2,1H3,(H,39,40). The van der Waals surface area contributed by atoms with Gasteiger partial charge >= 0.3 is 5.97 Å². The number of fused-ring (bicyclic) bond motifs is 2. The van der Waals surface area contributed by atoms with Gasteiger partial charge in [0.2, 0.25) is 5.89 Å². The normalized spacial score (nSPS) is 17.2. The van der Waals surface area contributed by atoms with Crippen LogP contribution in [-0.2, 0) is 24.3 Å². The number of carbonyl (C=O) groups is 1. The molecule has 1 fully saturated rings. The Hall–Kier alpha value is -3.27. The van der Waals surface area contributed by atoms with Crippen LogP contribution in [0.1, 0.15) is 28.1 Å². The number of oxazole rings is 1. The van der Waals surface area contributed by atoms with Crippen molar-refractivity contribution < 1.29 is 14.3 Å². The number of thiazole rings is 1. The Balaban J connectivity index is 1.21. The quantitative estimate of drug-likeness (QED) is 0.204. The van der Waals surface area contributed by atoms with Crippen molar-refractivity contribution in [1.29, 1.82) is 0 Å². The summed E-state index contributed by atoms with van der Waals surface area (Å²) in [7, 11) is 0. The molecule has 2 aliphatic rings. The van der Waals surface area contributed by atoms with Gasteiger partial charge in [0.25, 0.3) is 0 Å². The third kappa shape index (κ3) is 5.01. The van der Waals surface area contributed by atoms with Crippen molar-refractivity contribution in [3.05, 3.63) is 80.3 Å². The molecular weight excluding hydrogens is 591 g/mol. The highest BCUT2D eigenvalue weighted by Crippen LogP contribution is 2.42. The van der Waals surface area contributed by atoms with E-state index in [1.165, 1.54) is 10.6 Å². The topological polar surface area (TPSA) is 91.5 Å². The van der Waals surface area contributed by atoms with E-state index in [0.717, 1.165) is 58.9 Å². The van der Waals surface area contributed by atoms with Gasteiger partial charge in [0.15, 0.2) is 5.58 Å². The third-order valence-corrected chi connectivity index (χ3v) is 10.0. The highest BCUT2D eigenvalue weighted by molar-refractivity contribution is 7.15. The first-order valence-corrected chi connectivity index (χ1v) is 15.6. The lowest BCUT2D eigenvalue weighted by molar-refractivity contribution is -0.141. The zero-order chi connectivity index (χ0) is 29.0. The zero-order valence-electron chi connectivity index (χ0n) is 22.9. The molecule has 1 saturated heterocycles. The number of carboxylic acid groups (broad SMARTS) is 1. The van der Waals surface area contributed by atoms with E-state index in [9.17, 15) is 9.90 Å². The van der Waals surface area contributed by atoms with E-state index in [0.29, 0.717) is 52.1 Å². The SMILES string of the molecule is Cc1c(-c2nc3c(s2)CNCC3)cccc1-c1cccc(-c2nc3cc(CN4CCC(C(=O)O)C4)cc(Cl)c3o2)c1Cl. The van der Waals surface area contributed by atoms with Crippen LogP contribution in [0.5, 0.6) is 0 Å². The number of nitrogens with zero attached hydrogens (tertiary/aromatic N) is 3. The molecule has 7 rings (SSSR count). The molecule has 5 aromatic rings. The summed E-state index contributed by atoms with van der Waals surface area (Å²) in [6.45, 7) is 5.82. The Morgan fingerprint density at radius 3 is 2.69 bits per heavy atom. The van der Waals surface area contributed by atoms with Crippen molar-refractivity contribution in [3.63, 3.8) is 0 Å².